The van der Waals surface area contributed by atoms with Gasteiger partial charge in [-0.2, -0.15) is 0 Å². The third-order valence-electron chi connectivity index (χ3n) is 2.93. The van der Waals surface area contributed by atoms with Crippen LogP contribution in [0, 0.1) is 0 Å². The van der Waals surface area contributed by atoms with Gasteiger partial charge >= 0.3 is 0 Å². The highest BCUT2D eigenvalue weighted by Gasteiger charge is 2.10. The second kappa shape index (κ2) is 7.08. The fourth-order valence-corrected chi connectivity index (χ4v) is 1.82. The maximum atomic E-state index is 11.4. The van der Waals surface area contributed by atoms with Gasteiger partial charge in [-0.1, -0.05) is 13.8 Å². The van der Waals surface area contributed by atoms with Crippen molar-refractivity contribution in [2.45, 2.75) is 26.2 Å². The summed E-state index contributed by atoms with van der Waals surface area (Å²) in [6, 6.07) is 5.47. The number of hydrogen-bond donors (Lipinski definition) is 2. The highest BCUT2D eigenvalue weighted by Crippen LogP contribution is 2.24. The number of carbonyl (C=O) groups is 1. The molecule has 1 heterocycles. The topological polar surface area (TPSA) is 90.4 Å². The largest absolute Gasteiger partial charge is 0.493 e. The minimum absolute atomic E-state index is 0.0648. The van der Waals surface area contributed by atoms with Crippen LogP contribution < -0.4 is 15.8 Å². The van der Waals surface area contributed by atoms with Gasteiger partial charge in [-0.25, -0.2) is 4.98 Å². The normalized spacial score (nSPS) is 11.0. The Morgan fingerprint density at radius 1 is 1.48 bits per heavy atom. The summed E-state index contributed by atoms with van der Waals surface area (Å²) >= 11 is 0. The molecule has 0 fully saturated rings. The zero-order chi connectivity index (χ0) is 15.2. The van der Waals surface area contributed by atoms with E-state index in [1.807, 2.05) is 32.0 Å². The van der Waals surface area contributed by atoms with Gasteiger partial charge in [0.2, 0.25) is 5.91 Å². The minimum Gasteiger partial charge on any atom is -0.493 e. The Kier molecular flexibility index (Phi) is 5.16. The Morgan fingerprint density at radius 3 is 3.00 bits per heavy atom. The number of aromatic nitrogens is 1. The van der Waals surface area contributed by atoms with Crippen LogP contribution in [0.1, 0.15) is 32.1 Å². The number of nitrogens with two attached hydrogens (primary N) is 1. The maximum Gasteiger partial charge on any atom is 0.223 e. The summed E-state index contributed by atoms with van der Waals surface area (Å²) in [7, 11) is 0. The second-order valence-electron chi connectivity index (χ2n) is 5.07. The van der Waals surface area contributed by atoms with E-state index in [9.17, 15) is 4.79 Å². The number of fused-ring (bicyclic) bond motifs is 1. The van der Waals surface area contributed by atoms with Gasteiger partial charge in [-0.15, -0.1) is 0 Å². The Morgan fingerprint density at radius 2 is 2.29 bits per heavy atom. The average Bonchev–Trinajstić information content (AvgIpc) is 2.88. The number of oxazole rings is 1. The molecule has 0 aliphatic carbocycles. The van der Waals surface area contributed by atoms with E-state index in [0.29, 0.717) is 37.8 Å². The van der Waals surface area contributed by atoms with Crippen molar-refractivity contribution in [3.63, 3.8) is 0 Å². The molecule has 0 bridgehead atoms. The van der Waals surface area contributed by atoms with E-state index in [-0.39, 0.29) is 11.8 Å². The van der Waals surface area contributed by atoms with Crippen LogP contribution in [0.3, 0.4) is 0 Å². The average molecular weight is 291 g/mol. The van der Waals surface area contributed by atoms with Crippen molar-refractivity contribution in [2.75, 3.05) is 19.7 Å². The third kappa shape index (κ3) is 4.19. The van der Waals surface area contributed by atoms with Crippen LogP contribution in [0.2, 0.25) is 0 Å². The van der Waals surface area contributed by atoms with Gasteiger partial charge in [0.05, 0.1) is 13.0 Å². The molecule has 114 valence electrons. The number of carbonyl (C=O) groups excluding carboxylic acids is 1. The highest BCUT2D eigenvalue weighted by molar-refractivity contribution is 5.76. The van der Waals surface area contributed by atoms with Crippen LogP contribution in [0.4, 0.5) is 0 Å². The molecule has 0 atom stereocenters. The number of amides is 1. The van der Waals surface area contributed by atoms with Crippen molar-refractivity contribution in [3.8, 4) is 5.75 Å². The van der Waals surface area contributed by atoms with Crippen molar-refractivity contribution in [3.05, 3.63) is 24.1 Å². The molecule has 21 heavy (non-hydrogen) atoms. The maximum absolute atomic E-state index is 11.4. The number of nitrogens with one attached hydrogen (secondary N) is 1. The first-order valence-corrected chi connectivity index (χ1v) is 7.10. The lowest BCUT2D eigenvalue weighted by molar-refractivity contribution is -0.121. The number of benzene rings is 1. The Balaban J connectivity index is 1.92. The van der Waals surface area contributed by atoms with Gasteiger partial charge in [-0.05, 0) is 12.1 Å². The molecule has 0 spiro atoms. The van der Waals surface area contributed by atoms with Crippen LogP contribution in [-0.2, 0) is 4.79 Å². The second-order valence-corrected chi connectivity index (χ2v) is 5.07. The molecule has 1 aromatic carbocycles. The summed E-state index contributed by atoms with van der Waals surface area (Å²) in [6.07, 6.45) is 0.300. The first kappa shape index (κ1) is 15.3. The molecular weight excluding hydrogens is 270 g/mol. The number of nitrogens with zero attached hydrogens (tertiary/aromatic N) is 1. The molecule has 3 N–H and O–H groups in total. The first-order valence-electron chi connectivity index (χ1n) is 7.10. The van der Waals surface area contributed by atoms with Crippen LogP contribution in [0.25, 0.3) is 11.1 Å². The van der Waals surface area contributed by atoms with Crippen molar-refractivity contribution in [1.82, 2.24) is 10.3 Å². The van der Waals surface area contributed by atoms with Gasteiger partial charge in [-0.3, -0.25) is 4.79 Å². The lowest BCUT2D eigenvalue weighted by atomic mass is 10.2. The Bertz CT molecular complexity index is 607. The first-order chi connectivity index (χ1) is 10.1. The molecule has 0 aliphatic heterocycles. The van der Waals surface area contributed by atoms with E-state index in [2.05, 4.69) is 10.3 Å². The molecule has 0 aliphatic rings. The minimum atomic E-state index is -0.0648. The highest BCUT2D eigenvalue weighted by atomic mass is 16.5. The van der Waals surface area contributed by atoms with Gasteiger partial charge in [0, 0.05) is 25.1 Å². The van der Waals surface area contributed by atoms with Gasteiger partial charge in [0.15, 0.2) is 11.5 Å². The molecule has 1 aromatic heterocycles. The monoisotopic (exact) mass is 291 g/mol. The summed E-state index contributed by atoms with van der Waals surface area (Å²) in [6.45, 7) is 5.30. The van der Waals surface area contributed by atoms with E-state index < -0.39 is 0 Å². The Hall–Kier alpha value is -2.08. The lowest BCUT2D eigenvalue weighted by Gasteiger charge is -2.06. The van der Waals surface area contributed by atoms with E-state index in [1.165, 1.54) is 0 Å². The van der Waals surface area contributed by atoms with Gasteiger partial charge in [0.1, 0.15) is 11.3 Å². The van der Waals surface area contributed by atoms with Crippen molar-refractivity contribution < 1.29 is 13.9 Å². The van der Waals surface area contributed by atoms with E-state index in [4.69, 9.17) is 14.9 Å². The van der Waals surface area contributed by atoms with Crippen molar-refractivity contribution in [1.29, 1.82) is 0 Å². The third-order valence-corrected chi connectivity index (χ3v) is 2.93. The summed E-state index contributed by atoms with van der Waals surface area (Å²) in [5.41, 5.74) is 6.82. The standard InChI is InChI=1S/C15H21N3O3/c1-10(2)15-18-12-9-11(3-4-13(12)21-15)20-8-5-14(19)17-7-6-16/h3-4,9-10H,5-8,16H2,1-2H3,(H,17,19). The molecule has 0 saturated heterocycles. The molecule has 6 nitrogen and oxygen atoms in total. The number of rotatable bonds is 7. The molecule has 0 radical (unpaired) electrons. The Labute approximate surface area is 123 Å². The predicted octanol–water partition coefficient (Wildman–Crippen LogP) is 1.79. The van der Waals surface area contributed by atoms with E-state index in [1.54, 1.807) is 0 Å². The zero-order valence-electron chi connectivity index (χ0n) is 12.4. The number of hydrogen-bond acceptors (Lipinski definition) is 5. The lowest BCUT2D eigenvalue weighted by Crippen LogP contribution is -2.29. The quantitative estimate of drug-likeness (QED) is 0.811. The molecule has 0 saturated carbocycles. The van der Waals surface area contributed by atoms with Crippen molar-refractivity contribution in [2.24, 2.45) is 5.73 Å². The summed E-state index contributed by atoms with van der Waals surface area (Å²) < 4.78 is 11.2. The fraction of sp³-hybridized carbons (Fsp3) is 0.467. The summed E-state index contributed by atoms with van der Waals surface area (Å²) in [5, 5.41) is 2.69. The number of ether oxygens (including phenoxy) is 1. The van der Waals surface area contributed by atoms with Crippen LogP contribution in [-0.4, -0.2) is 30.6 Å². The SMILES string of the molecule is CC(C)c1nc2cc(OCCC(=O)NCCN)ccc2o1. The van der Waals surface area contributed by atoms with Crippen LogP contribution >= 0.6 is 0 Å². The molecule has 2 rings (SSSR count). The van der Waals surface area contributed by atoms with Crippen LogP contribution in [0.15, 0.2) is 22.6 Å². The van der Waals surface area contributed by atoms with Gasteiger partial charge in [0.25, 0.3) is 0 Å². The molecule has 1 amide bonds. The van der Waals surface area contributed by atoms with Gasteiger partial charge < -0.3 is 20.2 Å². The predicted molar refractivity (Wildman–Crippen MR) is 80.3 cm³/mol. The van der Waals surface area contributed by atoms with E-state index >= 15 is 0 Å². The smallest absolute Gasteiger partial charge is 0.223 e. The molecule has 0 unspecified atom stereocenters. The summed E-state index contributed by atoms with van der Waals surface area (Å²) in [5.74, 6) is 1.57. The fourth-order valence-electron chi connectivity index (χ4n) is 1.82. The van der Waals surface area contributed by atoms with Crippen molar-refractivity contribution >= 4 is 17.0 Å². The zero-order valence-corrected chi connectivity index (χ0v) is 12.4. The molecule has 6 heteroatoms. The molecule has 2 aromatic rings. The van der Waals surface area contributed by atoms with E-state index in [0.717, 1.165) is 11.1 Å². The van der Waals surface area contributed by atoms with Crippen LogP contribution in [0.5, 0.6) is 5.75 Å². The summed E-state index contributed by atoms with van der Waals surface area (Å²) in [4.78, 5) is 15.8. The molecular formula is C15H21N3O3.